The Balaban J connectivity index is 1.83. The number of rotatable bonds is 8. The lowest BCUT2D eigenvalue weighted by atomic mass is 10.4. The second-order valence-corrected chi connectivity index (χ2v) is 4.45. The number of nitrogens with zero attached hydrogens (tertiary/aromatic N) is 4. The second-order valence-electron chi connectivity index (χ2n) is 4.45. The number of morpholine rings is 1. The third-order valence-electron chi connectivity index (χ3n) is 2.90. The molecule has 0 bridgehead atoms. The van der Waals surface area contributed by atoms with Gasteiger partial charge in [0.2, 0.25) is 17.8 Å². The molecule has 118 valence electrons. The van der Waals surface area contributed by atoms with Crippen molar-refractivity contribution in [3.63, 3.8) is 0 Å². The molecule has 21 heavy (non-hydrogen) atoms. The minimum absolute atomic E-state index is 0.203. The summed E-state index contributed by atoms with van der Waals surface area (Å²) < 4.78 is 15.6. The van der Waals surface area contributed by atoms with E-state index < -0.39 is 0 Å². The number of nitrogens with two attached hydrogens (primary N) is 1. The van der Waals surface area contributed by atoms with Crippen LogP contribution >= 0.6 is 0 Å². The Labute approximate surface area is 123 Å². The van der Waals surface area contributed by atoms with Crippen LogP contribution in [0.5, 0.6) is 0 Å². The molecular weight excluding hydrogens is 276 g/mol. The Kier molecular flexibility index (Phi) is 6.38. The summed E-state index contributed by atoms with van der Waals surface area (Å²) in [5, 5.41) is 3.08. The normalized spacial score (nSPS) is 15.2. The Hall–Kier alpha value is -1.71. The molecule has 1 saturated heterocycles. The molecule has 9 heteroatoms. The molecule has 0 amide bonds. The van der Waals surface area contributed by atoms with E-state index in [1.807, 2.05) is 4.90 Å². The van der Waals surface area contributed by atoms with Gasteiger partial charge in [0, 0.05) is 26.7 Å². The molecule has 1 aromatic rings. The zero-order chi connectivity index (χ0) is 14.9. The van der Waals surface area contributed by atoms with Crippen LogP contribution in [0, 0.1) is 0 Å². The topological polar surface area (TPSA) is 108 Å². The summed E-state index contributed by atoms with van der Waals surface area (Å²) in [6.45, 7) is 5.13. The van der Waals surface area contributed by atoms with Crippen molar-refractivity contribution in [2.45, 2.75) is 0 Å². The molecule has 2 heterocycles. The van der Waals surface area contributed by atoms with Crippen LogP contribution in [0.15, 0.2) is 0 Å². The van der Waals surface area contributed by atoms with Crippen LogP contribution in [0.3, 0.4) is 0 Å². The van der Waals surface area contributed by atoms with Crippen molar-refractivity contribution in [1.82, 2.24) is 15.0 Å². The molecule has 1 aliphatic heterocycles. The average Bonchev–Trinajstić information content (AvgIpc) is 2.51. The molecule has 1 fully saturated rings. The van der Waals surface area contributed by atoms with Crippen molar-refractivity contribution >= 4 is 17.8 Å². The number of nitrogens with one attached hydrogen (secondary N) is 1. The highest BCUT2D eigenvalue weighted by atomic mass is 16.5. The van der Waals surface area contributed by atoms with Crippen LogP contribution in [-0.2, 0) is 14.2 Å². The van der Waals surface area contributed by atoms with E-state index in [1.54, 1.807) is 7.11 Å². The maximum Gasteiger partial charge on any atom is 0.232 e. The van der Waals surface area contributed by atoms with E-state index >= 15 is 0 Å². The summed E-state index contributed by atoms with van der Waals surface area (Å²) in [6.07, 6.45) is 0. The first-order chi connectivity index (χ1) is 10.3. The van der Waals surface area contributed by atoms with Crippen LogP contribution in [0.4, 0.5) is 17.8 Å². The summed E-state index contributed by atoms with van der Waals surface area (Å²) in [5.41, 5.74) is 5.73. The van der Waals surface area contributed by atoms with Crippen molar-refractivity contribution in [3.8, 4) is 0 Å². The Morgan fingerprint density at radius 2 is 2.00 bits per heavy atom. The van der Waals surface area contributed by atoms with E-state index in [0.717, 1.165) is 13.1 Å². The van der Waals surface area contributed by atoms with Crippen molar-refractivity contribution in [1.29, 1.82) is 0 Å². The lowest BCUT2D eigenvalue weighted by Crippen LogP contribution is -2.37. The summed E-state index contributed by atoms with van der Waals surface area (Å²) in [5.74, 6) is 1.24. The first-order valence-corrected chi connectivity index (χ1v) is 6.94. The third-order valence-corrected chi connectivity index (χ3v) is 2.90. The molecule has 1 aliphatic rings. The van der Waals surface area contributed by atoms with E-state index in [4.69, 9.17) is 19.9 Å². The number of hydrogen-bond donors (Lipinski definition) is 2. The van der Waals surface area contributed by atoms with Gasteiger partial charge < -0.3 is 30.2 Å². The van der Waals surface area contributed by atoms with Crippen molar-refractivity contribution in [2.75, 3.05) is 75.7 Å². The number of methoxy groups -OCH3 is 1. The first kappa shape index (κ1) is 15.7. The summed E-state index contributed by atoms with van der Waals surface area (Å²) in [7, 11) is 1.64. The highest BCUT2D eigenvalue weighted by molar-refractivity contribution is 5.42. The van der Waals surface area contributed by atoms with Gasteiger partial charge in [-0.1, -0.05) is 0 Å². The van der Waals surface area contributed by atoms with Gasteiger partial charge in [-0.3, -0.25) is 0 Å². The molecule has 2 rings (SSSR count). The van der Waals surface area contributed by atoms with E-state index in [2.05, 4.69) is 20.3 Å². The first-order valence-electron chi connectivity index (χ1n) is 6.94. The summed E-state index contributed by atoms with van der Waals surface area (Å²) in [4.78, 5) is 14.6. The van der Waals surface area contributed by atoms with E-state index in [9.17, 15) is 0 Å². The standard InChI is InChI=1S/C12H22N6O3/c1-19-8-9-20-5-2-14-11-15-10(13)16-12(17-11)18-3-6-21-7-4-18/h2-9H2,1H3,(H3,13,14,15,16,17). The van der Waals surface area contributed by atoms with Crippen molar-refractivity contribution in [3.05, 3.63) is 0 Å². The Bertz CT molecular complexity index is 427. The van der Waals surface area contributed by atoms with E-state index in [-0.39, 0.29) is 5.95 Å². The molecular formula is C12H22N6O3. The fourth-order valence-corrected chi connectivity index (χ4v) is 1.84. The number of nitrogen functional groups attached to an aromatic ring is 1. The molecule has 0 aliphatic carbocycles. The SMILES string of the molecule is COCCOCCNc1nc(N)nc(N2CCOCC2)n1. The number of ether oxygens (including phenoxy) is 3. The van der Waals surface area contributed by atoms with Gasteiger partial charge in [0.25, 0.3) is 0 Å². The van der Waals surface area contributed by atoms with Gasteiger partial charge in [0.1, 0.15) is 0 Å². The van der Waals surface area contributed by atoms with Crippen molar-refractivity contribution in [2.24, 2.45) is 0 Å². The van der Waals surface area contributed by atoms with Crippen LogP contribution in [0.25, 0.3) is 0 Å². The van der Waals surface area contributed by atoms with E-state index in [1.165, 1.54) is 0 Å². The van der Waals surface area contributed by atoms with Crippen LogP contribution < -0.4 is 16.0 Å². The minimum atomic E-state index is 0.203. The van der Waals surface area contributed by atoms with Gasteiger partial charge in [-0.2, -0.15) is 15.0 Å². The third kappa shape index (κ3) is 5.29. The van der Waals surface area contributed by atoms with Gasteiger partial charge in [0.15, 0.2) is 0 Å². The molecule has 0 unspecified atom stereocenters. The molecule has 1 aromatic heterocycles. The van der Waals surface area contributed by atoms with Crippen LogP contribution in [-0.4, -0.2) is 74.7 Å². The molecule has 0 radical (unpaired) electrons. The molecule has 9 nitrogen and oxygen atoms in total. The largest absolute Gasteiger partial charge is 0.382 e. The number of hydrogen-bond acceptors (Lipinski definition) is 9. The van der Waals surface area contributed by atoms with Gasteiger partial charge in [-0.25, -0.2) is 0 Å². The van der Waals surface area contributed by atoms with Gasteiger partial charge >= 0.3 is 0 Å². The van der Waals surface area contributed by atoms with Gasteiger partial charge in [0.05, 0.1) is 33.0 Å². The molecule has 0 atom stereocenters. The predicted molar refractivity (Wildman–Crippen MR) is 78.5 cm³/mol. The minimum Gasteiger partial charge on any atom is -0.382 e. The monoisotopic (exact) mass is 298 g/mol. The molecule has 0 saturated carbocycles. The van der Waals surface area contributed by atoms with Gasteiger partial charge in [-0.05, 0) is 0 Å². The quantitative estimate of drug-likeness (QED) is 0.606. The molecule has 0 aromatic carbocycles. The van der Waals surface area contributed by atoms with Crippen LogP contribution in [0.1, 0.15) is 0 Å². The fourth-order valence-electron chi connectivity index (χ4n) is 1.84. The maximum atomic E-state index is 5.73. The molecule has 0 spiro atoms. The van der Waals surface area contributed by atoms with Gasteiger partial charge in [-0.15, -0.1) is 0 Å². The highest BCUT2D eigenvalue weighted by Gasteiger charge is 2.15. The number of aromatic nitrogens is 3. The zero-order valence-electron chi connectivity index (χ0n) is 12.2. The lowest BCUT2D eigenvalue weighted by molar-refractivity contribution is 0.0759. The highest BCUT2D eigenvalue weighted by Crippen LogP contribution is 2.13. The zero-order valence-corrected chi connectivity index (χ0v) is 12.2. The Morgan fingerprint density at radius 3 is 2.76 bits per heavy atom. The smallest absolute Gasteiger partial charge is 0.232 e. The number of anilines is 3. The Morgan fingerprint density at radius 1 is 1.19 bits per heavy atom. The predicted octanol–water partition coefficient (Wildman–Crippen LogP) is -0.635. The second kappa shape index (κ2) is 8.55. The summed E-state index contributed by atoms with van der Waals surface area (Å²) in [6, 6.07) is 0. The maximum absolute atomic E-state index is 5.73. The average molecular weight is 298 g/mol. The molecule has 3 N–H and O–H groups in total. The van der Waals surface area contributed by atoms with Crippen molar-refractivity contribution < 1.29 is 14.2 Å². The van der Waals surface area contributed by atoms with E-state index in [0.29, 0.717) is 51.5 Å². The lowest BCUT2D eigenvalue weighted by Gasteiger charge is -2.26. The fraction of sp³-hybridized carbons (Fsp3) is 0.750. The summed E-state index contributed by atoms with van der Waals surface area (Å²) >= 11 is 0. The van der Waals surface area contributed by atoms with Crippen LogP contribution in [0.2, 0.25) is 0 Å².